The lowest BCUT2D eigenvalue weighted by Gasteiger charge is -2.29. The Hall–Kier alpha value is -4.81. The van der Waals surface area contributed by atoms with Crippen molar-refractivity contribution in [3.63, 3.8) is 0 Å². The van der Waals surface area contributed by atoms with Crippen LogP contribution in [0.1, 0.15) is 16.7 Å². The molecule has 11 nitrogen and oxygen atoms in total. The number of nitrogens with zero attached hydrogens (tertiary/aromatic N) is 10. The number of rotatable bonds is 6. The summed E-state index contributed by atoms with van der Waals surface area (Å²) >= 11 is 1.88. The van der Waals surface area contributed by atoms with E-state index < -0.39 is 0 Å². The van der Waals surface area contributed by atoms with Crippen molar-refractivity contribution < 1.29 is 0 Å². The van der Waals surface area contributed by atoms with E-state index in [9.17, 15) is 10.5 Å². The summed E-state index contributed by atoms with van der Waals surface area (Å²) in [5.74, 6) is 3.45. The quantitative estimate of drug-likeness (QED) is 0.363. The number of benzene rings is 1. The van der Waals surface area contributed by atoms with Crippen molar-refractivity contribution in [2.24, 2.45) is 10.2 Å². The molecule has 1 fully saturated rings. The van der Waals surface area contributed by atoms with Gasteiger partial charge in [0.1, 0.15) is 29.2 Å². The average Bonchev–Trinajstić information content (AvgIpc) is 3.37. The zero-order valence-corrected chi connectivity index (χ0v) is 20.7. The van der Waals surface area contributed by atoms with Crippen LogP contribution >= 0.6 is 11.8 Å². The summed E-state index contributed by atoms with van der Waals surface area (Å²) in [6.45, 7) is 3.44. The van der Waals surface area contributed by atoms with Crippen LogP contribution in [0.15, 0.2) is 65.2 Å². The van der Waals surface area contributed by atoms with E-state index in [-0.39, 0.29) is 17.3 Å². The molecule has 37 heavy (non-hydrogen) atoms. The normalized spacial score (nSPS) is 13.3. The van der Waals surface area contributed by atoms with E-state index in [1.165, 1.54) is 10.9 Å². The summed E-state index contributed by atoms with van der Waals surface area (Å²) in [5.41, 5.74) is 2.49. The summed E-state index contributed by atoms with van der Waals surface area (Å²) in [6, 6.07) is 15.7. The van der Waals surface area contributed by atoms with Gasteiger partial charge in [-0.05, 0) is 25.1 Å². The second-order valence-electron chi connectivity index (χ2n) is 7.99. The first kappa shape index (κ1) is 23.9. The van der Waals surface area contributed by atoms with Crippen molar-refractivity contribution >= 4 is 40.6 Å². The number of pyridine rings is 1. The number of hydrogen-bond donors (Lipinski definition) is 1. The number of para-hydroxylation sites is 1. The summed E-state index contributed by atoms with van der Waals surface area (Å²) in [7, 11) is 0. The second kappa shape index (κ2) is 10.8. The lowest BCUT2D eigenvalue weighted by Crippen LogP contribution is -2.34. The monoisotopic (exact) mass is 507 g/mol. The molecule has 1 aromatic carbocycles. The standard InChI is InChI=1S/C25H21N11S/c1-17-20(15-27)24(35-10-12-37-13-11-35)32-22(31-19-6-3-2-4-7-19)21(17)33-34-23-18(14-26)16-30-36(23)25-28-8-5-9-29-25/h2-9,16H,10-13H2,1H3,(H,31,32)/b34-33+. The fourth-order valence-corrected chi connectivity index (χ4v) is 4.75. The fraction of sp³-hybridized carbons (Fsp3) is 0.200. The van der Waals surface area contributed by atoms with Gasteiger partial charge in [-0.15, -0.1) is 10.2 Å². The summed E-state index contributed by atoms with van der Waals surface area (Å²) < 4.78 is 1.35. The molecule has 1 saturated heterocycles. The molecule has 1 aliphatic heterocycles. The molecule has 5 rings (SSSR count). The van der Waals surface area contributed by atoms with Gasteiger partial charge in [0.05, 0.1) is 11.8 Å². The van der Waals surface area contributed by atoms with E-state index in [1.807, 2.05) is 49.0 Å². The highest BCUT2D eigenvalue weighted by molar-refractivity contribution is 7.99. The van der Waals surface area contributed by atoms with Crippen LogP contribution in [0.2, 0.25) is 0 Å². The lowest BCUT2D eigenvalue weighted by atomic mass is 10.1. The van der Waals surface area contributed by atoms with Crippen LogP contribution < -0.4 is 10.2 Å². The molecule has 0 amide bonds. The van der Waals surface area contributed by atoms with Crippen molar-refractivity contribution in [3.05, 3.63) is 71.7 Å². The second-order valence-corrected chi connectivity index (χ2v) is 9.21. The van der Waals surface area contributed by atoms with Gasteiger partial charge < -0.3 is 10.2 Å². The van der Waals surface area contributed by atoms with E-state index in [1.54, 1.807) is 18.5 Å². The zero-order valence-electron chi connectivity index (χ0n) is 19.9. The van der Waals surface area contributed by atoms with Crippen LogP contribution in [0, 0.1) is 29.6 Å². The third kappa shape index (κ3) is 4.96. The van der Waals surface area contributed by atoms with E-state index in [4.69, 9.17) is 4.98 Å². The minimum atomic E-state index is 0.175. The lowest BCUT2D eigenvalue weighted by molar-refractivity contribution is 0.803. The molecular formula is C25H21N11S. The summed E-state index contributed by atoms with van der Waals surface area (Å²) in [6.07, 6.45) is 4.53. The van der Waals surface area contributed by atoms with Crippen LogP contribution in [0.5, 0.6) is 0 Å². The molecule has 4 aromatic rings. The third-order valence-corrected chi connectivity index (χ3v) is 6.65. The highest BCUT2D eigenvalue weighted by Gasteiger charge is 2.23. The molecule has 0 unspecified atom stereocenters. The number of azo groups is 1. The number of nitrogens with one attached hydrogen (secondary N) is 1. The zero-order chi connectivity index (χ0) is 25.6. The average molecular weight is 508 g/mol. The molecule has 4 heterocycles. The van der Waals surface area contributed by atoms with E-state index in [0.29, 0.717) is 28.5 Å². The Morgan fingerprint density at radius 3 is 2.46 bits per heavy atom. The Bertz CT molecular complexity index is 1510. The minimum Gasteiger partial charge on any atom is -0.354 e. The molecule has 3 aromatic heterocycles. The van der Waals surface area contributed by atoms with Crippen molar-refractivity contribution in [2.45, 2.75) is 6.92 Å². The van der Waals surface area contributed by atoms with Crippen LogP contribution in [-0.2, 0) is 0 Å². The highest BCUT2D eigenvalue weighted by atomic mass is 32.2. The van der Waals surface area contributed by atoms with E-state index in [0.717, 1.165) is 30.3 Å². The predicted octanol–water partition coefficient (Wildman–Crippen LogP) is 4.82. The first-order valence-corrected chi connectivity index (χ1v) is 12.6. The molecular weight excluding hydrogens is 486 g/mol. The molecule has 0 atom stereocenters. The van der Waals surface area contributed by atoms with Gasteiger partial charge in [-0.3, -0.25) is 0 Å². The SMILES string of the molecule is Cc1c(C#N)c(N2CCSCC2)nc(Nc2ccccc2)c1/N=N/c1c(C#N)cnn1-c1ncccn1. The number of aromatic nitrogens is 5. The Labute approximate surface area is 217 Å². The highest BCUT2D eigenvalue weighted by Crippen LogP contribution is 2.38. The van der Waals surface area contributed by atoms with Crippen LogP contribution in [0.4, 0.5) is 28.8 Å². The number of anilines is 3. The Morgan fingerprint density at radius 2 is 1.76 bits per heavy atom. The summed E-state index contributed by atoms with van der Waals surface area (Å²) in [5, 5.41) is 36.1. The van der Waals surface area contributed by atoms with Crippen molar-refractivity contribution in [2.75, 3.05) is 34.8 Å². The molecule has 1 N–H and O–H groups in total. The van der Waals surface area contributed by atoms with Gasteiger partial charge in [0, 0.05) is 48.2 Å². The molecule has 0 aliphatic carbocycles. The van der Waals surface area contributed by atoms with Crippen LogP contribution in [0.25, 0.3) is 5.95 Å². The van der Waals surface area contributed by atoms with Gasteiger partial charge in [-0.25, -0.2) is 15.0 Å². The maximum Gasteiger partial charge on any atom is 0.252 e. The molecule has 0 bridgehead atoms. The van der Waals surface area contributed by atoms with Gasteiger partial charge in [0.25, 0.3) is 5.95 Å². The van der Waals surface area contributed by atoms with Crippen molar-refractivity contribution in [1.82, 2.24) is 24.7 Å². The van der Waals surface area contributed by atoms with Crippen molar-refractivity contribution in [1.29, 1.82) is 10.5 Å². The van der Waals surface area contributed by atoms with Crippen LogP contribution in [-0.4, -0.2) is 49.3 Å². The number of thioether (sulfide) groups is 1. The molecule has 0 spiro atoms. The first-order chi connectivity index (χ1) is 18.2. The smallest absolute Gasteiger partial charge is 0.252 e. The largest absolute Gasteiger partial charge is 0.354 e. The Morgan fingerprint density at radius 1 is 1.00 bits per heavy atom. The van der Waals surface area contributed by atoms with Gasteiger partial charge in [0.15, 0.2) is 11.6 Å². The van der Waals surface area contributed by atoms with Gasteiger partial charge >= 0.3 is 0 Å². The molecule has 182 valence electrons. The van der Waals surface area contributed by atoms with Gasteiger partial charge in [0.2, 0.25) is 0 Å². The van der Waals surface area contributed by atoms with E-state index >= 15 is 0 Å². The minimum absolute atomic E-state index is 0.175. The van der Waals surface area contributed by atoms with Gasteiger partial charge in [-0.1, -0.05) is 18.2 Å². The first-order valence-electron chi connectivity index (χ1n) is 11.5. The Kier molecular flexibility index (Phi) is 7.01. The number of nitriles is 2. The third-order valence-electron chi connectivity index (χ3n) is 5.71. The van der Waals surface area contributed by atoms with Crippen molar-refractivity contribution in [3.8, 4) is 18.1 Å². The maximum absolute atomic E-state index is 10.1. The van der Waals surface area contributed by atoms with Gasteiger partial charge in [-0.2, -0.15) is 32.1 Å². The topological polar surface area (TPSA) is 144 Å². The Balaban J connectivity index is 1.64. The molecule has 0 saturated carbocycles. The summed E-state index contributed by atoms with van der Waals surface area (Å²) in [4.78, 5) is 15.4. The number of hydrogen-bond acceptors (Lipinski definition) is 11. The predicted molar refractivity (Wildman–Crippen MR) is 141 cm³/mol. The molecule has 1 aliphatic rings. The molecule has 0 radical (unpaired) electrons. The maximum atomic E-state index is 10.1. The fourth-order valence-electron chi connectivity index (χ4n) is 3.85. The van der Waals surface area contributed by atoms with Crippen LogP contribution in [0.3, 0.4) is 0 Å². The molecule has 12 heteroatoms. The van der Waals surface area contributed by atoms with E-state index in [2.05, 4.69) is 47.7 Å².